The Bertz CT molecular complexity index is 633. The Balaban J connectivity index is 1.92. The lowest BCUT2D eigenvalue weighted by Crippen LogP contribution is -2.33. The molecule has 1 aromatic heterocycles. The first kappa shape index (κ1) is 11.4. The molecule has 3 heterocycles. The van der Waals surface area contributed by atoms with Crippen LogP contribution in [-0.2, 0) is 11.4 Å². The molecule has 4 rings (SSSR count). The van der Waals surface area contributed by atoms with Gasteiger partial charge in [-0.15, -0.1) is 0 Å². The van der Waals surface area contributed by atoms with Crippen molar-refractivity contribution in [3.05, 3.63) is 30.1 Å². The molecule has 4 nitrogen and oxygen atoms in total. The highest BCUT2D eigenvalue weighted by molar-refractivity contribution is 5.76. The van der Waals surface area contributed by atoms with Crippen molar-refractivity contribution in [2.45, 2.75) is 45.5 Å². The minimum atomic E-state index is 0.275. The average Bonchev–Trinajstić information content (AvgIpc) is 2.85. The van der Waals surface area contributed by atoms with Gasteiger partial charge in [0.05, 0.1) is 23.6 Å². The summed E-state index contributed by atoms with van der Waals surface area (Å²) in [6.07, 6.45) is 0.275. The maximum atomic E-state index is 6.12. The number of fused-ring (bicyclic) bond motifs is 6. The van der Waals surface area contributed by atoms with Gasteiger partial charge in [0.25, 0.3) is 0 Å². The topological polar surface area (TPSA) is 30.3 Å². The normalized spacial score (nSPS) is 30.2. The molecule has 3 unspecified atom stereocenters. The molecule has 0 saturated carbocycles. The number of para-hydroxylation sites is 2. The van der Waals surface area contributed by atoms with Crippen LogP contribution in [0.1, 0.15) is 32.6 Å². The quantitative estimate of drug-likeness (QED) is 0.787. The van der Waals surface area contributed by atoms with E-state index in [0.29, 0.717) is 12.0 Å². The minimum absolute atomic E-state index is 0.275. The summed E-state index contributed by atoms with van der Waals surface area (Å²) in [4.78, 5) is 11.0. The molecule has 0 radical (unpaired) electrons. The number of benzene rings is 1. The Morgan fingerprint density at radius 1 is 1.32 bits per heavy atom. The number of hydrogen-bond donors (Lipinski definition) is 0. The van der Waals surface area contributed by atoms with E-state index in [0.717, 1.165) is 17.9 Å². The fourth-order valence-corrected chi connectivity index (χ4v) is 3.44. The lowest BCUT2D eigenvalue weighted by atomic mass is 9.92. The number of hydroxylamine groups is 2. The van der Waals surface area contributed by atoms with Gasteiger partial charge in [0.15, 0.2) is 0 Å². The van der Waals surface area contributed by atoms with Crippen molar-refractivity contribution in [2.75, 3.05) is 0 Å². The summed E-state index contributed by atoms with van der Waals surface area (Å²) in [5.74, 6) is 1.67. The molecule has 0 spiro atoms. The lowest BCUT2D eigenvalue weighted by Gasteiger charge is -2.28. The summed E-state index contributed by atoms with van der Waals surface area (Å²) >= 11 is 0. The van der Waals surface area contributed by atoms with E-state index in [4.69, 9.17) is 9.82 Å². The van der Waals surface area contributed by atoms with E-state index in [1.54, 1.807) is 0 Å². The Hall–Kier alpha value is -1.39. The van der Waals surface area contributed by atoms with Gasteiger partial charge < -0.3 is 4.57 Å². The first-order chi connectivity index (χ1) is 9.16. The number of aromatic nitrogens is 2. The Labute approximate surface area is 112 Å². The maximum absolute atomic E-state index is 6.12. The molecule has 4 heteroatoms. The summed E-state index contributed by atoms with van der Waals surface area (Å²) in [7, 11) is 0. The van der Waals surface area contributed by atoms with E-state index >= 15 is 0 Å². The van der Waals surface area contributed by atoms with Gasteiger partial charge in [-0.25, -0.2) is 4.98 Å². The summed E-state index contributed by atoms with van der Waals surface area (Å²) in [6.45, 7) is 7.55. The van der Waals surface area contributed by atoms with Gasteiger partial charge in [-0.3, -0.25) is 4.84 Å². The van der Waals surface area contributed by atoms with Gasteiger partial charge in [0.1, 0.15) is 11.9 Å². The molecular formula is C15H19N3O. The van der Waals surface area contributed by atoms with Gasteiger partial charge in [-0.05, 0) is 26.0 Å². The Morgan fingerprint density at radius 3 is 2.89 bits per heavy atom. The van der Waals surface area contributed by atoms with Crippen LogP contribution in [0.2, 0.25) is 0 Å². The van der Waals surface area contributed by atoms with E-state index in [1.807, 2.05) is 0 Å². The molecule has 19 heavy (non-hydrogen) atoms. The first-order valence-corrected chi connectivity index (χ1v) is 7.07. The van der Waals surface area contributed by atoms with Crippen molar-refractivity contribution in [2.24, 2.45) is 5.92 Å². The molecule has 1 saturated heterocycles. The highest BCUT2D eigenvalue weighted by Crippen LogP contribution is 2.45. The predicted octanol–water partition coefficient (Wildman–Crippen LogP) is 2.75. The fraction of sp³-hybridized carbons (Fsp3) is 0.533. The smallest absolute Gasteiger partial charge is 0.130 e. The summed E-state index contributed by atoms with van der Waals surface area (Å²) in [5.41, 5.74) is 2.33. The molecule has 2 aliphatic rings. The van der Waals surface area contributed by atoms with E-state index < -0.39 is 0 Å². The van der Waals surface area contributed by atoms with Gasteiger partial charge in [-0.2, -0.15) is 5.06 Å². The summed E-state index contributed by atoms with van der Waals surface area (Å²) in [6, 6.07) is 9.05. The van der Waals surface area contributed by atoms with Crippen molar-refractivity contribution in [3.63, 3.8) is 0 Å². The number of imidazole rings is 1. The third-order valence-corrected chi connectivity index (χ3v) is 4.44. The lowest BCUT2D eigenvalue weighted by molar-refractivity contribution is -0.180. The largest absolute Gasteiger partial charge is 0.324 e. The Kier molecular flexibility index (Phi) is 2.29. The summed E-state index contributed by atoms with van der Waals surface area (Å²) < 4.78 is 2.34. The van der Waals surface area contributed by atoms with E-state index in [1.165, 1.54) is 5.52 Å². The third kappa shape index (κ3) is 1.44. The third-order valence-electron chi connectivity index (χ3n) is 4.44. The molecular weight excluding hydrogens is 238 g/mol. The fourth-order valence-electron chi connectivity index (χ4n) is 3.44. The van der Waals surface area contributed by atoms with Gasteiger partial charge >= 0.3 is 0 Å². The van der Waals surface area contributed by atoms with Crippen molar-refractivity contribution < 1.29 is 4.84 Å². The molecule has 2 aliphatic heterocycles. The number of rotatable bonds is 1. The van der Waals surface area contributed by atoms with Crippen molar-refractivity contribution in [1.82, 2.24) is 14.6 Å². The van der Waals surface area contributed by atoms with Crippen LogP contribution in [0.25, 0.3) is 11.0 Å². The predicted molar refractivity (Wildman–Crippen MR) is 73.5 cm³/mol. The number of nitrogens with zero attached hydrogens (tertiary/aromatic N) is 3. The molecule has 100 valence electrons. The van der Waals surface area contributed by atoms with Crippen LogP contribution < -0.4 is 0 Å². The van der Waals surface area contributed by atoms with Crippen molar-refractivity contribution >= 4 is 11.0 Å². The highest BCUT2D eigenvalue weighted by atomic mass is 16.7. The average molecular weight is 257 g/mol. The molecule has 2 bridgehead atoms. The molecule has 1 fully saturated rings. The van der Waals surface area contributed by atoms with Crippen LogP contribution in [0.4, 0.5) is 0 Å². The SMILES string of the molecule is CC1C2Cn3c(nc4ccccc43)C1N(C(C)C)O2. The highest BCUT2D eigenvalue weighted by Gasteiger charge is 2.48. The first-order valence-electron chi connectivity index (χ1n) is 7.07. The molecule has 0 amide bonds. The van der Waals surface area contributed by atoms with Crippen molar-refractivity contribution in [3.8, 4) is 0 Å². The van der Waals surface area contributed by atoms with Gasteiger partial charge in [0, 0.05) is 12.0 Å². The second kappa shape index (κ2) is 3.81. The van der Waals surface area contributed by atoms with Crippen LogP contribution in [0, 0.1) is 5.92 Å². The zero-order valence-corrected chi connectivity index (χ0v) is 11.6. The monoisotopic (exact) mass is 257 g/mol. The second-order valence-corrected chi connectivity index (χ2v) is 5.97. The van der Waals surface area contributed by atoms with Gasteiger partial charge in [0.2, 0.25) is 0 Å². The molecule has 0 aliphatic carbocycles. The molecule has 3 atom stereocenters. The van der Waals surface area contributed by atoms with Crippen LogP contribution in [0.5, 0.6) is 0 Å². The van der Waals surface area contributed by atoms with Crippen LogP contribution >= 0.6 is 0 Å². The van der Waals surface area contributed by atoms with E-state index in [2.05, 4.69) is 54.7 Å². The van der Waals surface area contributed by atoms with Crippen molar-refractivity contribution in [1.29, 1.82) is 0 Å². The van der Waals surface area contributed by atoms with Crippen LogP contribution in [0.3, 0.4) is 0 Å². The maximum Gasteiger partial charge on any atom is 0.130 e. The second-order valence-electron chi connectivity index (χ2n) is 5.97. The van der Waals surface area contributed by atoms with E-state index in [-0.39, 0.29) is 12.1 Å². The standard InChI is InChI=1S/C15H19N3O/c1-9(2)18-14-10(3)13(19-18)8-17-12-7-5-4-6-11(12)16-15(14)17/h4-7,9-10,13-14H,8H2,1-3H3. The molecule has 2 aromatic rings. The Morgan fingerprint density at radius 2 is 2.11 bits per heavy atom. The zero-order valence-electron chi connectivity index (χ0n) is 11.6. The number of hydrogen-bond acceptors (Lipinski definition) is 3. The van der Waals surface area contributed by atoms with Gasteiger partial charge in [-0.1, -0.05) is 19.1 Å². The summed E-state index contributed by atoms with van der Waals surface area (Å²) in [5, 5.41) is 2.14. The minimum Gasteiger partial charge on any atom is -0.324 e. The van der Waals surface area contributed by atoms with Crippen LogP contribution in [-0.4, -0.2) is 26.8 Å². The molecule has 1 aromatic carbocycles. The van der Waals surface area contributed by atoms with Crippen LogP contribution in [0.15, 0.2) is 24.3 Å². The van der Waals surface area contributed by atoms with E-state index in [9.17, 15) is 0 Å². The molecule has 0 N–H and O–H groups in total. The zero-order chi connectivity index (χ0) is 13.1.